The third-order valence-corrected chi connectivity index (χ3v) is 4.48. The topological polar surface area (TPSA) is 78.3 Å². The Bertz CT molecular complexity index is 684. The molecule has 2 aromatic carbocycles. The van der Waals surface area contributed by atoms with Gasteiger partial charge in [-0.3, -0.25) is 0 Å². The minimum atomic E-state index is -0.469. The van der Waals surface area contributed by atoms with Gasteiger partial charge in [-0.15, -0.1) is 0 Å². The van der Waals surface area contributed by atoms with E-state index in [0.29, 0.717) is 28.6 Å². The molecule has 0 atom stereocenters. The molecule has 2 aromatic rings. The maximum atomic E-state index is 12.3. The van der Waals surface area contributed by atoms with Gasteiger partial charge in [0, 0.05) is 16.9 Å². The van der Waals surface area contributed by atoms with Crippen LogP contribution in [0.1, 0.15) is 43.6 Å². The van der Waals surface area contributed by atoms with Crippen molar-refractivity contribution in [3.8, 4) is 5.75 Å². The van der Waals surface area contributed by atoms with Gasteiger partial charge in [-0.25, -0.2) is 4.79 Å². The van der Waals surface area contributed by atoms with Gasteiger partial charge in [0.2, 0.25) is 0 Å². The Morgan fingerprint density at radius 2 is 1.57 bits per heavy atom. The van der Waals surface area contributed by atoms with E-state index in [1.165, 1.54) is 0 Å². The van der Waals surface area contributed by atoms with Gasteiger partial charge in [0.05, 0.1) is 5.56 Å². The highest BCUT2D eigenvalue weighted by Gasteiger charge is 2.30. The van der Waals surface area contributed by atoms with E-state index < -0.39 is 5.97 Å². The van der Waals surface area contributed by atoms with Crippen LogP contribution >= 0.6 is 0 Å². The largest absolute Gasteiger partial charge is 0.423 e. The van der Waals surface area contributed by atoms with Gasteiger partial charge in [-0.1, -0.05) is 45.9 Å². The van der Waals surface area contributed by atoms with Gasteiger partial charge in [0.25, 0.3) is 0 Å². The number of esters is 1. The van der Waals surface area contributed by atoms with E-state index in [1.54, 1.807) is 36.4 Å². The summed E-state index contributed by atoms with van der Waals surface area (Å²) in [7, 11) is 0. The molecule has 2 rings (SSSR count). The maximum Gasteiger partial charge on any atom is 0.343 e. The van der Waals surface area contributed by atoms with Crippen LogP contribution in [0.2, 0.25) is 0 Å². The Hall–Kier alpha value is -2.49. The summed E-state index contributed by atoms with van der Waals surface area (Å²) >= 11 is 0. The van der Waals surface area contributed by atoms with E-state index in [9.17, 15) is 4.79 Å². The van der Waals surface area contributed by atoms with Crippen LogP contribution in [0.25, 0.3) is 0 Å². The summed E-state index contributed by atoms with van der Waals surface area (Å²) in [5.41, 5.74) is 14.5. The van der Waals surface area contributed by atoms with Crippen molar-refractivity contribution < 1.29 is 9.53 Å². The van der Waals surface area contributed by atoms with E-state index in [4.69, 9.17) is 16.2 Å². The lowest BCUT2D eigenvalue weighted by molar-refractivity contribution is 0.0735. The maximum absolute atomic E-state index is 12.3. The van der Waals surface area contributed by atoms with E-state index in [2.05, 4.69) is 27.7 Å². The predicted octanol–water partition coefficient (Wildman–Crippen LogP) is 4.00. The van der Waals surface area contributed by atoms with Crippen molar-refractivity contribution in [3.63, 3.8) is 0 Å². The van der Waals surface area contributed by atoms with Crippen LogP contribution in [0.15, 0.2) is 42.5 Å². The lowest BCUT2D eigenvalue weighted by atomic mass is 9.73. The van der Waals surface area contributed by atoms with E-state index in [-0.39, 0.29) is 5.41 Å². The molecule has 0 amide bonds. The molecule has 0 unspecified atom stereocenters. The third kappa shape index (κ3) is 3.47. The van der Waals surface area contributed by atoms with Crippen molar-refractivity contribution >= 4 is 17.3 Å². The fraction of sp³-hybridized carbons (Fsp3) is 0.316. The molecule has 0 spiro atoms. The number of benzene rings is 2. The van der Waals surface area contributed by atoms with Gasteiger partial charge in [-0.05, 0) is 35.6 Å². The van der Waals surface area contributed by atoms with Crippen LogP contribution in [0, 0.1) is 5.92 Å². The fourth-order valence-electron chi connectivity index (χ4n) is 2.49. The van der Waals surface area contributed by atoms with Crippen LogP contribution in [0.3, 0.4) is 0 Å². The molecule has 4 N–H and O–H groups in total. The van der Waals surface area contributed by atoms with Gasteiger partial charge in [0.1, 0.15) is 5.75 Å². The number of hydrogen-bond donors (Lipinski definition) is 2. The fourth-order valence-corrected chi connectivity index (χ4v) is 2.49. The zero-order chi connectivity index (χ0) is 17.2. The molecule has 122 valence electrons. The third-order valence-electron chi connectivity index (χ3n) is 4.48. The number of para-hydroxylation sites is 1. The first-order chi connectivity index (χ1) is 10.7. The first-order valence-corrected chi connectivity index (χ1v) is 7.70. The average Bonchev–Trinajstić information content (AvgIpc) is 2.47. The molecule has 0 aromatic heterocycles. The number of nitrogen functional groups attached to an aromatic ring is 2. The van der Waals surface area contributed by atoms with Crippen molar-refractivity contribution in [2.45, 2.75) is 33.1 Å². The highest BCUT2D eigenvalue weighted by molar-refractivity contribution is 5.94. The number of nitrogens with two attached hydrogens (primary N) is 2. The Morgan fingerprint density at radius 1 is 1.04 bits per heavy atom. The van der Waals surface area contributed by atoms with Crippen LogP contribution in [0.5, 0.6) is 5.75 Å². The summed E-state index contributed by atoms with van der Waals surface area (Å²) in [5, 5.41) is 0. The van der Waals surface area contributed by atoms with Gasteiger partial charge in [-0.2, -0.15) is 0 Å². The lowest BCUT2D eigenvalue weighted by Crippen LogP contribution is -2.27. The van der Waals surface area contributed by atoms with Crippen LogP contribution in [-0.4, -0.2) is 5.97 Å². The normalized spacial score (nSPS) is 11.5. The van der Waals surface area contributed by atoms with E-state index in [0.717, 1.165) is 5.56 Å². The molecule has 0 fully saturated rings. The van der Waals surface area contributed by atoms with Crippen LogP contribution < -0.4 is 16.2 Å². The molecule has 4 heteroatoms. The highest BCUT2D eigenvalue weighted by atomic mass is 16.5. The molecular weight excluding hydrogens is 288 g/mol. The van der Waals surface area contributed by atoms with Gasteiger partial charge in [0.15, 0.2) is 0 Å². The molecular formula is C19H24N2O2. The summed E-state index contributed by atoms with van der Waals surface area (Å²) in [5.74, 6) is 0.374. The second-order valence-corrected chi connectivity index (χ2v) is 6.61. The Balaban J connectivity index is 2.35. The lowest BCUT2D eigenvalue weighted by Gasteiger charge is -2.32. The summed E-state index contributed by atoms with van der Waals surface area (Å²) in [6.45, 7) is 8.44. The quantitative estimate of drug-likeness (QED) is 0.508. The summed E-state index contributed by atoms with van der Waals surface area (Å²) < 4.78 is 5.33. The Kier molecular flexibility index (Phi) is 4.64. The molecule has 4 nitrogen and oxygen atoms in total. The molecule has 0 aliphatic heterocycles. The van der Waals surface area contributed by atoms with Crippen molar-refractivity contribution in [1.82, 2.24) is 0 Å². The first-order valence-electron chi connectivity index (χ1n) is 7.70. The minimum Gasteiger partial charge on any atom is -0.423 e. The SMILES string of the molecule is CC(C)C(C)(C)c1c(N)cc(C(=O)Oc2ccccc2)cc1N. The molecule has 0 saturated heterocycles. The summed E-state index contributed by atoms with van der Waals surface area (Å²) in [6.07, 6.45) is 0. The highest BCUT2D eigenvalue weighted by Crippen LogP contribution is 2.39. The Morgan fingerprint density at radius 3 is 2.04 bits per heavy atom. The Labute approximate surface area is 137 Å². The number of rotatable bonds is 4. The van der Waals surface area contributed by atoms with E-state index in [1.807, 2.05) is 6.07 Å². The van der Waals surface area contributed by atoms with Crippen LogP contribution in [-0.2, 0) is 5.41 Å². The average molecular weight is 312 g/mol. The second-order valence-electron chi connectivity index (χ2n) is 6.61. The van der Waals surface area contributed by atoms with Crippen molar-refractivity contribution in [1.29, 1.82) is 0 Å². The van der Waals surface area contributed by atoms with Gasteiger partial charge < -0.3 is 16.2 Å². The summed E-state index contributed by atoms with van der Waals surface area (Å²) in [6, 6.07) is 12.2. The zero-order valence-corrected chi connectivity index (χ0v) is 14.1. The van der Waals surface area contributed by atoms with Gasteiger partial charge >= 0.3 is 5.97 Å². The predicted molar refractivity (Wildman–Crippen MR) is 94.5 cm³/mol. The number of ether oxygens (including phenoxy) is 1. The molecule has 0 aliphatic carbocycles. The molecule has 0 heterocycles. The number of carbonyl (C=O) groups is 1. The molecule has 0 aliphatic rings. The number of carbonyl (C=O) groups excluding carboxylic acids is 1. The monoisotopic (exact) mass is 312 g/mol. The zero-order valence-electron chi connectivity index (χ0n) is 14.1. The molecule has 23 heavy (non-hydrogen) atoms. The van der Waals surface area contributed by atoms with E-state index >= 15 is 0 Å². The smallest absolute Gasteiger partial charge is 0.343 e. The standard InChI is InChI=1S/C19H24N2O2/c1-12(2)19(3,4)17-15(20)10-13(11-16(17)21)18(22)23-14-8-6-5-7-9-14/h5-12H,20-21H2,1-4H3. The molecule has 0 saturated carbocycles. The number of anilines is 2. The second kappa shape index (κ2) is 6.32. The van der Waals surface area contributed by atoms with Crippen molar-refractivity contribution in [3.05, 3.63) is 53.6 Å². The molecule has 0 radical (unpaired) electrons. The first kappa shape index (κ1) is 16.9. The molecule has 0 bridgehead atoms. The van der Waals surface area contributed by atoms with Crippen molar-refractivity contribution in [2.24, 2.45) is 5.92 Å². The summed E-state index contributed by atoms with van der Waals surface area (Å²) in [4.78, 5) is 12.3. The number of hydrogen-bond acceptors (Lipinski definition) is 4. The van der Waals surface area contributed by atoms with Crippen LogP contribution in [0.4, 0.5) is 11.4 Å². The van der Waals surface area contributed by atoms with Crippen molar-refractivity contribution in [2.75, 3.05) is 11.5 Å². The minimum absolute atomic E-state index is 0.184.